The quantitative estimate of drug-likeness (QED) is 0.923. The molecule has 0 radical (unpaired) electrons. The highest BCUT2D eigenvalue weighted by Crippen LogP contribution is 2.38. The second kappa shape index (κ2) is 5.96. The van der Waals surface area contributed by atoms with E-state index < -0.39 is 0 Å². The Balaban J connectivity index is 1.42. The Morgan fingerprint density at radius 2 is 2.09 bits per heavy atom. The van der Waals surface area contributed by atoms with Crippen LogP contribution in [0.4, 0.5) is 15.9 Å². The summed E-state index contributed by atoms with van der Waals surface area (Å²) in [4.78, 5) is 11.2. The first-order valence-corrected chi connectivity index (χ1v) is 8.36. The third-order valence-electron chi connectivity index (χ3n) is 4.43. The number of hydrogen-bond donors (Lipinski definition) is 1. The molecule has 4 rings (SSSR count). The number of benzene rings is 1. The van der Waals surface area contributed by atoms with Crippen molar-refractivity contribution < 1.29 is 4.39 Å². The molecule has 1 aliphatic carbocycles. The Kier molecular flexibility index (Phi) is 3.81. The fourth-order valence-electron chi connectivity index (χ4n) is 3.00. The zero-order valence-electron chi connectivity index (χ0n) is 12.7. The van der Waals surface area contributed by atoms with Crippen molar-refractivity contribution in [1.29, 1.82) is 0 Å². The lowest BCUT2D eigenvalue weighted by molar-refractivity contribution is 0.628. The van der Waals surface area contributed by atoms with Gasteiger partial charge in [-0.25, -0.2) is 14.4 Å². The lowest BCUT2D eigenvalue weighted by Gasteiger charge is -2.19. The highest BCUT2D eigenvalue weighted by atomic mass is 35.5. The fourth-order valence-corrected chi connectivity index (χ4v) is 3.17. The molecule has 2 aromatic rings. The standard InChI is InChI=1S/C17H18ClFN4/c18-14-9-13(3-4-15(14)19)23-8-6-12(10-23)21-16-5-7-20-17(22-16)11-1-2-11/h3-5,7,9,11-12H,1-2,6,8,10H2,(H,20,21,22). The van der Waals surface area contributed by atoms with Gasteiger partial charge in [-0.15, -0.1) is 0 Å². The highest BCUT2D eigenvalue weighted by molar-refractivity contribution is 6.31. The first-order chi connectivity index (χ1) is 11.2. The van der Waals surface area contributed by atoms with Gasteiger partial charge in [0, 0.05) is 36.9 Å². The summed E-state index contributed by atoms with van der Waals surface area (Å²) >= 11 is 5.88. The molecule has 6 heteroatoms. The summed E-state index contributed by atoms with van der Waals surface area (Å²) in [6.07, 6.45) is 5.24. The topological polar surface area (TPSA) is 41.0 Å². The van der Waals surface area contributed by atoms with E-state index in [1.165, 1.54) is 18.9 Å². The molecule has 1 atom stereocenters. The van der Waals surface area contributed by atoms with Crippen LogP contribution in [0.15, 0.2) is 30.5 Å². The summed E-state index contributed by atoms with van der Waals surface area (Å²) in [7, 11) is 0. The lowest BCUT2D eigenvalue weighted by atomic mass is 10.2. The lowest BCUT2D eigenvalue weighted by Crippen LogP contribution is -2.26. The molecule has 23 heavy (non-hydrogen) atoms. The number of anilines is 2. The van der Waals surface area contributed by atoms with Crippen LogP contribution in [-0.4, -0.2) is 29.1 Å². The van der Waals surface area contributed by atoms with Crippen LogP contribution >= 0.6 is 11.6 Å². The van der Waals surface area contributed by atoms with Crippen molar-refractivity contribution in [1.82, 2.24) is 9.97 Å². The zero-order valence-corrected chi connectivity index (χ0v) is 13.4. The van der Waals surface area contributed by atoms with Crippen molar-refractivity contribution in [2.45, 2.75) is 31.2 Å². The summed E-state index contributed by atoms with van der Waals surface area (Å²) in [5.74, 6) is 2.03. The molecule has 2 heterocycles. The third-order valence-corrected chi connectivity index (χ3v) is 4.71. The number of aromatic nitrogens is 2. The van der Waals surface area contributed by atoms with Crippen molar-refractivity contribution in [2.75, 3.05) is 23.3 Å². The van der Waals surface area contributed by atoms with Gasteiger partial charge in [0.25, 0.3) is 0 Å². The van der Waals surface area contributed by atoms with E-state index in [1.807, 2.05) is 12.3 Å². The largest absolute Gasteiger partial charge is 0.369 e. The van der Waals surface area contributed by atoms with E-state index in [0.717, 1.165) is 36.8 Å². The van der Waals surface area contributed by atoms with Crippen LogP contribution in [0.2, 0.25) is 5.02 Å². The maximum atomic E-state index is 13.3. The number of nitrogens with zero attached hydrogens (tertiary/aromatic N) is 3. The first-order valence-electron chi connectivity index (χ1n) is 7.98. The van der Waals surface area contributed by atoms with Crippen LogP contribution in [-0.2, 0) is 0 Å². The van der Waals surface area contributed by atoms with Crippen molar-refractivity contribution in [3.8, 4) is 0 Å². The Hall–Kier alpha value is -1.88. The maximum absolute atomic E-state index is 13.3. The molecule has 1 N–H and O–H groups in total. The van der Waals surface area contributed by atoms with E-state index in [-0.39, 0.29) is 10.8 Å². The zero-order chi connectivity index (χ0) is 15.8. The summed E-state index contributed by atoms with van der Waals surface area (Å²) in [5, 5.41) is 3.66. The molecule has 1 saturated carbocycles. The van der Waals surface area contributed by atoms with E-state index in [9.17, 15) is 4.39 Å². The number of hydrogen-bond acceptors (Lipinski definition) is 4. The Morgan fingerprint density at radius 3 is 2.87 bits per heavy atom. The normalized spacial score (nSPS) is 20.8. The van der Waals surface area contributed by atoms with E-state index in [4.69, 9.17) is 11.6 Å². The number of rotatable bonds is 4. The van der Waals surface area contributed by atoms with Gasteiger partial charge in [0.1, 0.15) is 17.5 Å². The fraction of sp³-hybridized carbons (Fsp3) is 0.412. The van der Waals surface area contributed by atoms with Crippen LogP contribution in [0, 0.1) is 5.82 Å². The molecule has 1 aromatic carbocycles. The molecule has 0 amide bonds. The molecule has 0 spiro atoms. The summed E-state index contributed by atoms with van der Waals surface area (Å²) in [5.41, 5.74) is 0.960. The molecule has 1 unspecified atom stereocenters. The Bertz CT molecular complexity index is 719. The minimum absolute atomic E-state index is 0.170. The number of halogens is 2. The van der Waals surface area contributed by atoms with E-state index >= 15 is 0 Å². The Morgan fingerprint density at radius 1 is 1.22 bits per heavy atom. The van der Waals surface area contributed by atoms with E-state index in [2.05, 4.69) is 20.2 Å². The van der Waals surface area contributed by atoms with Gasteiger partial charge in [0.05, 0.1) is 5.02 Å². The SMILES string of the molecule is Fc1ccc(N2CCC(Nc3ccnc(C4CC4)n3)C2)cc1Cl. The van der Waals surface area contributed by atoms with Gasteiger partial charge < -0.3 is 10.2 Å². The third kappa shape index (κ3) is 3.24. The monoisotopic (exact) mass is 332 g/mol. The number of nitrogens with one attached hydrogen (secondary N) is 1. The van der Waals surface area contributed by atoms with Crippen molar-refractivity contribution in [3.63, 3.8) is 0 Å². The minimum atomic E-state index is -0.377. The van der Waals surface area contributed by atoms with E-state index in [1.54, 1.807) is 12.1 Å². The molecule has 1 saturated heterocycles. The molecular formula is C17H18ClFN4. The highest BCUT2D eigenvalue weighted by Gasteiger charge is 2.27. The van der Waals surface area contributed by atoms with Gasteiger partial charge in [-0.05, 0) is 43.5 Å². The average Bonchev–Trinajstić information content (AvgIpc) is 3.31. The van der Waals surface area contributed by atoms with Crippen LogP contribution in [0.1, 0.15) is 31.0 Å². The Labute approximate surface area is 139 Å². The molecule has 2 fully saturated rings. The average molecular weight is 333 g/mol. The van der Waals surface area contributed by atoms with Crippen LogP contribution < -0.4 is 10.2 Å². The van der Waals surface area contributed by atoms with Gasteiger partial charge in [0.15, 0.2) is 0 Å². The maximum Gasteiger partial charge on any atom is 0.141 e. The van der Waals surface area contributed by atoms with Crippen molar-refractivity contribution in [2.24, 2.45) is 0 Å². The second-order valence-corrected chi connectivity index (χ2v) is 6.66. The molecule has 0 bridgehead atoms. The van der Waals surface area contributed by atoms with Gasteiger partial charge in [-0.2, -0.15) is 0 Å². The molecule has 4 nitrogen and oxygen atoms in total. The summed E-state index contributed by atoms with van der Waals surface area (Å²) in [6, 6.07) is 7.13. The van der Waals surface area contributed by atoms with Crippen molar-refractivity contribution in [3.05, 3.63) is 47.1 Å². The molecular weight excluding hydrogens is 315 g/mol. The van der Waals surface area contributed by atoms with Crippen molar-refractivity contribution >= 4 is 23.1 Å². The minimum Gasteiger partial charge on any atom is -0.369 e. The summed E-state index contributed by atoms with van der Waals surface area (Å²) in [6.45, 7) is 1.77. The molecule has 120 valence electrons. The summed E-state index contributed by atoms with van der Waals surface area (Å²) < 4.78 is 13.3. The molecule has 1 aromatic heterocycles. The molecule has 2 aliphatic rings. The van der Waals surface area contributed by atoms with E-state index in [0.29, 0.717) is 12.0 Å². The van der Waals surface area contributed by atoms with Gasteiger partial charge in [-0.3, -0.25) is 0 Å². The van der Waals surface area contributed by atoms with Crippen LogP contribution in [0.5, 0.6) is 0 Å². The first kappa shape index (κ1) is 14.7. The van der Waals surface area contributed by atoms with Gasteiger partial charge in [-0.1, -0.05) is 11.6 Å². The van der Waals surface area contributed by atoms with Gasteiger partial charge in [0.2, 0.25) is 0 Å². The predicted molar refractivity (Wildman–Crippen MR) is 89.7 cm³/mol. The predicted octanol–water partition coefficient (Wildman–Crippen LogP) is 3.84. The van der Waals surface area contributed by atoms with Gasteiger partial charge >= 0.3 is 0 Å². The smallest absolute Gasteiger partial charge is 0.141 e. The van der Waals surface area contributed by atoms with Crippen LogP contribution in [0.3, 0.4) is 0 Å². The van der Waals surface area contributed by atoms with Crippen LogP contribution in [0.25, 0.3) is 0 Å². The second-order valence-electron chi connectivity index (χ2n) is 6.25. The molecule has 1 aliphatic heterocycles.